The van der Waals surface area contributed by atoms with E-state index < -0.39 is 0 Å². The average Bonchev–Trinajstić information content (AvgIpc) is 2.39. The van der Waals surface area contributed by atoms with E-state index in [1.807, 2.05) is 0 Å². The molecule has 2 heteroatoms. The molecule has 0 saturated heterocycles. The van der Waals surface area contributed by atoms with Crippen molar-refractivity contribution in [2.75, 3.05) is 6.54 Å². The highest BCUT2D eigenvalue weighted by Crippen LogP contribution is 2.28. The van der Waals surface area contributed by atoms with Crippen LogP contribution in [0.1, 0.15) is 25.3 Å². The minimum absolute atomic E-state index is 0.706. The maximum atomic E-state index is 5.60. The van der Waals surface area contributed by atoms with Crippen molar-refractivity contribution in [1.82, 2.24) is 0 Å². The molecule has 0 radical (unpaired) electrons. The Morgan fingerprint density at radius 3 is 2.50 bits per heavy atom. The summed E-state index contributed by atoms with van der Waals surface area (Å²) in [5.41, 5.74) is 7.04. The van der Waals surface area contributed by atoms with Crippen LogP contribution in [0, 0.1) is 5.92 Å². The fraction of sp³-hybridized carbons (Fsp3) is 0.375. The van der Waals surface area contributed by atoms with Crippen LogP contribution in [0.4, 0.5) is 0 Å². The molecular formula is C16H20BrN. The molecule has 0 fully saturated rings. The topological polar surface area (TPSA) is 26.0 Å². The number of benzene rings is 2. The van der Waals surface area contributed by atoms with Crippen molar-refractivity contribution < 1.29 is 0 Å². The first-order valence-electron chi connectivity index (χ1n) is 6.58. The molecule has 0 aromatic heterocycles. The van der Waals surface area contributed by atoms with Gasteiger partial charge in [0.15, 0.2) is 0 Å². The summed E-state index contributed by atoms with van der Waals surface area (Å²) in [5, 5.41) is 2.67. The van der Waals surface area contributed by atoms with Crippen molar-refractivity contribution in [3.8, 4) is 0 Å². The molecule has 0 bridgehead atoms. The summed E-state index contributed by atoms with van der Waals surface area (Å²) >= 11 is 3.62. The summed E-state index contributed by atoms with van der Waals surface area (Å²) in [6.45, 7) is 3.08. The molecule has 0 spiro atoms. The smallest absolute Gasteiger partial charge is 0.0253 e. The Hall–Kier alpha value is -0.860. The Morgan fingerprint density at radius 1 is 1.06 bits per heavy atom. The second-order valence-corrected chi connectivity index (χ2v) is 5.83. The van der Waals surface area contributed by atoms with Crippen LogP contribution in [-0.2, 0) is 6.42 Å². The van der Waals surface area contributed by atoms with Crippen LogP contribution in [-0.4, -0.2) is 6.54 Å². The molecule has 0 aliphatic rings. The molecule has 1 unspecified atom stereocenters. The lowest BCUT2D eigenvalue weighted by Gasteiger charge is -2.12. The average molecular weight is 306 g/mol. The minimum atomic E-state index is 0.706. The van der Waals surface area contributed by atoms with Gasteiger partial charge in [-0.2, -0.15) is 0 Å². The maximum Gasteiger partial charge on any atom is 0.0253 e. The predicted molar refractivity (Wildman–Crippen MR) is 82.8 cm³/mol. The quantitative estimate of drug-likeness (QED) is 0.863. The van der Waals surface area contributed by atoms with Crippen molar-refractivity contribution >= 4 is 26.7 Å². The van der Waals surface area contributed by atoms with Gasteiger partial charge in [-0.05, 0) is 54.1 Å². The number of fused-ring (bicyclic) bond motifs is 1. The van der Waals surface area contributed by atoms with E-state index in [1.165, 1.54) is 27.2 Å². The molecule has 0 amide bonds. The third-order valence-corrected chi connectivity index (χ3v) is 4.22. The molecule has 18 heavy (non-hydrogen) atoms. The van der Waals surface area contributed by atoms with Crippen LogP contribution in [0.2, 0.25) is 0 Å². The molecule has 1 nitrogen and oxygen atoms in total. The van der Waals surface area contributed by atoms with Crippen molar-refractivity contribution in [3.05, 3.63) is 46.4 Å². The van der Waals surface area contributed by atoms with E-state index in [0.717, 1.165) is 19.4 Å². The van der Waals surface area contributed by atoms with Gasteiger partial charge in [0.05, 0.1) is 0 Å². The van der Waals surface area contributed by atoms with Gasteiger partial charge in [0.25, 0.3) is 0 Å². The number of halogens is 1. The van der Waals surface area contributed by atoms with Crippen LogP contribution in [0.5, 0.6) is 0 Å². The van der Waals surface area contributed by atoms with E-state index in [4.69, 9.17) is 5.73 Å². The predicted octanol–water partition coefficient (Wildman–Crippen LogP) is 4.52. The highest BCUT2D eigenvalue weighted by Gasteiger charge is 2.06. The molecule has 2 aromatic carbocycles. The van der Waals surface area contributed by atoms with E-state index in [0.29, 0.717) is 5.92 Å². The van der Waals surface area contributed by atoms with E-state index in [2.05, 4.69) is 59.3 Å². The third kappa shape index (κ3) is 3.12. The van der Waals surface area contributed by atoms with Gasteiger partial charge in [-0.3, -0.25) is 0 Å². The summed E-state index contributed by atoms with van der Waals surface area (Å²) < 4.78 is 1.18. The van der Waals surface area contributed by atoms with Gasteiger partial charge in [-0.25, -0.2) is 0 Å². The van der Waals surface area contributed by atoms with E-state index in [-0.39, 0.29) is 0 Å². The third-order valence-electron chi connectivity index (χ3n) is 3.53. The number of rotatable bonds is 5. The lowest BCUT2D eigenvalue weighted by Crippen LogP contribution is -2.06. The number of nitrogens with two attached hydrogens (primary N) is 1. The van der Waals surface area contributed by atoms with Crippen LogP contribution in [0.15, 0.2) is 40.9 Å². The minimum Gasteiger partial charge on any atom is -0.330 e. The fourth-order valence-electron chi connectivity index (χ4n) is 2.37. The van der Waals surface area contributed by atoms with E-state index in [9.17, 15) is 0 Å². The summed E-state index contributed by atoms with van der Waals surface area (Å²) in [4.78, 5) is 0. The number of hydrogen-bond donors (Lipinski definition) is 1. The van der Waals surface area contributed by atoms with Gasteiger partial charge >= 0.3 is 0 Å². The Balaban J connectivity index is 2.21. The van der Waals surface area contributed by atoms with Crippen LogP contribution >= 0.6 is 15.9 Å². The first-order valence-corrected chi connectivity index (χ1v) is 7.38. The van der Waals surface area contributed by atoms with E-state index in [1.54, 1.807) is 0 Å². The highest BCUT2D eigenvalue weighted by atomic mass is 79.9. The molecule has 2 rings (SSSR count). The number of aryl methyl sites for hydroxylation is 1. The normalized spacial score (nSPS) is 12.8. The first kappa shape index (κ1) is 13.6. The van der Waals surface area contributed by atoms with Gasteiger partial charge in [0.1, 0.15) is 0 Å². The van der Waals surface area contributed by atoms with Crippen molar-refractivity contribution in [3.63, 3.8) is 0 Å². The second-order valence-electron chi connectivity index (χ2n) is 4.97. The molecule has 2 N–H and O–H groups in total. The van der Waals surface area contributed by atoms with Crippen molar-refractivity contribution in [2.24, 2.45) is 11.7 Å². The number of hydrogen-bond acceptors (Lipinski definition) is 1. The molecule has 0 heterocycles. The van der Waals surface area contributed by atoms with Crippen molar-refractivity contribution in [2.45, 2.75) is 26.2 Å². The molecule has 0 aliphatic heterocycles. The van der Waals surface area contributed by atoms with Crippen molar-refractivity contribution in [1.29, 1.82) is 0 Å². The Morgan fingerprint density at radius 2 is 1.78 bits per heavy atom. The Kier molecular flexibility index (Phi) is 4.79. The molecule has 96 valence electrons. The van der Waals surface area contributed by atoms with Gasteiger partial charge in [0, 0.05) is 4.47 Å². The van der Waals surface area contributed by atoms with E-state index >= 15 is 0 Å². The van der Waals surface area contributed by atoms with Crippen LogP contribution in [0.25, 0.3) is 10.8 Å². The zero-order chi connectivity index (χ0) is 13.0. The second kappa shape index (κ2) is 6.35. The first-order chi connectivity index (χ1) is 8.72. The summed E-state index contributed by atoms with van der Waals surface area (Å²) in [7, 11) is 0. The zero-order valence-electron chi connectivity index (χ0n) is 10.8. The lowest BCUT2D eigenvalue weighted by molar-refractivity contribution is 0.500. The summed E-state index contributed by atoms with van der Waals surface area (Å²) in [5.74, 6) is 0.706. The van der Waals surface area contributed by atoms with Crippen LogP contribution < -0.4 is 5.73 Å². The molecule has 1 atom stereocenters. The largest absolute Gasteiger partial charge is 0.330 e. The van der Waals surface area contributed by atoms with Gasteiger partial charge < -0.3 is 5.73 Å². The maximum absolute atomic E-state index is 5.60. The summed E-state index contributed by atoms with van der Waals surface area (Å²) in [6, 6.07) is 13.0. The van der Waals surface area contributed by atoms with Crippen LogP contribution in [0.3, 0.4) is 0 Å². The standard InChI is InChI=1S/C16H20BrN/c1-12(10-11-18)6-7-13-8-9-16(17)15-5-3-2-4-14(13)15/h2-5,8-9,12H,6-7,10-11,18H2,1H3. The van der Waals surface area contributed by atoms with Gasteiger partial charge in [-0.1, -0.05) is 53.2 Å². The Bertz CT molecular complexity index is 521. The fourth-order valence-corrected chi connectivity index (χ4v) is 2.85. The lowest BCUT2D eigenvalue weighted by atomic mass is 9.95. The molecule has 0 saturated carbocycles. The van der Waals surface area contributed by atoms with Gasteiger partial charge in [0.2, 0.25) is 0 Å². The van der Waals surface area contributed by atoms with Gasteiger partial charge in [-0.15, -0.1) is 0 Å². The highest BCUT2D eigenvalue weighted by molar-refractivity contribution is 9.10. The SMILES string of the molecule is CC(CCN)CCc1ccc(Br)c2ccccc12. The zero-order valence-corrected chi connectivity index (χ0v) is 12.4. The molecular weight excluding hydrogens is 286 g/mol. The summed E-state index contributed by atoms with van der Waals surface area (Å²) in [6.07, 6.45) is 3.46. The monoisotopic (exact) mass is 305 g/mol. The molecule has 0 aliphatic carbocycles. The molecule has 2 aromatic rings. The Labute approximate surface area is 118 Å².